The minimum absolute atomic E-state index is 0.0542. The van der Waals surface area contributed by atoms with Crippen molar-refractivity contribution in [2.75, 3.05) is 31.1 Å². The van der Waals surface area contributed by atoms with Crippen molar-refractivity contribution >= 4 is 32.6 Å². The molecule has 1 saturated heterocycles. The van der Waals surface area contributed by atoms with E-state index in [1.165, 1.54) is 29.5 Å². The number of rotatable bonds is 2. The first-order valence-electron chi connectivity index (χ1n) is 8.07. The molecule has 0 saturated carbocycles. The zero-order chi connectivity index (χ0) is 18.3. The van der Waals surface area contributed by atoms with E-state index in [1.807, 2.05) is 4.90 Å². The molecule has 0 N–H and O–H groups in total. The van der Waals surface area contributed by atoms with Crippen LogP contribution in [0.25, 0.3) is 10.2 Å². The second kappa shape index (κ2) is 6.60. The first-order valence-corrected chi connectivity index (χ1v) is 8.89. The number of hydrogen-bond donors (Lipinski definition) is 0. The normalized spacial score (nSPS) is 14.9. The number of nitrogens with zero attached hydrogens (tertiary/aromatic N) is 3. The van der Waals surface area contributed by atoms with Crippen LogP contribution in [0, 0.1) is 17.5 Å². The molecule has 1 aliphatic rings. The summed E-state index contributed by atoms with van der Waals surface area (Å²) in [6.45, 7) is 1.79. The number of piperazine rings is 1. The van der Waals surface area contributed by atoms with Crippen LogP contribution in [0.15, 0.2) is 36.4 Å². The summed E-state index contributed by atoms with van der Waals surface area (Å²) in [5.74, 6) is -2.20. The van der Waals surface area contributed by atoms with Gasteiger partial charge in [0.2, 0.25) is 0 Å². The van der Waals surface area contributed by atoms with Crippen molar-refractivity contribution in [2.24, 2.45) is 0 Å². The van der Waals surface area contributed by atoms with Crippen LogP contribution >= 0.6 is 11.3 Å². The predicted octanol–water partition coefficient (Wildman–Crippen LogP) is 3.68. The summed E-state index contributed by atoms with van der Waals surface area (Å²) in [6.07, 6.45) is 0. The molecule has 4 rings (SSSR count). The Labute approximate surface area is 151 Å². The third-order valence-corrected chi connectivity index (χ3v) is 5.41. The summed E-state index contributed by atoms with van der Waals surface area (Å²) in [5, 5.41) is 0.586. The topological polar surface area (TPSA) is 36.4 Å². The van der Waals surface area contributed by atoms with E-state index in [9.17, 15) is 18.0 Å². The molecule has 2 aromatic carbocycles. The molecule has 1 aliphatic heterocycles. The SMILES string of the molecule is O=C(c1ccccc1F)N1CCN(c2nc3c(F)cc(F)cc3s2)CC1. The van der Waals surface area contributed by atoms with Crippen LogP contribution < -0.4 is 4.90 Å². The molecule has 0 spiro atoms. The van der Waals surface area contributed by atoms with Gasteiger partial charge in [0.25, 0.3) is 5.91 Å². The van der Waals surface area contributed by atoms with Crippen molar-refractivity contribution in [3.8, 4) is 0 Å². The first kappa shape index (κ1) is 16.8. The second-order valence-electron chi connectivity index (χ2n) is 5.99. The standard InChI is InChI=1S/C18H14F3N3OS/c19-11-9-14(21)16-15(10-11)26-18(22-16)24-7-5-23(6-8-24)17(25)12-3-1-2-4-13(12)20/h1-4,9-10H,5-8H2. The van der Waals surface area contributed by atoms with E-state index in [4.69, 9.17) is 0 Å². The fraction of sp³-hybridized carbons (Fsp3) is 0.222. The maximum Gasteiger partial charge on any atom is 0.256 e. The summed E-state index contributed by atoms with van der Waals surface area (Å²) in [7, 11) is 0. The summed E-state index contributed by atoms with van der Waals surface area (Å²) >= 11 is 1.21. The summed E-state index contributed by atoms with van der Waals surface area (Å²) < 4.78 is 41.4. The molecule has 4 nitrogen and oxygen atoms in total. The van der Waals surface area contributed by atoms with E-state index in [-0.39, 0.29) is 17.0 Å². The van der Waals surface area contributed by atoms with Gasteiger partial charge in [0, 0.05) is 32.2 Å². The van der Waals surface area contributed by atoms with Crippen molar-refractivity contribution in [2.45, 2.75) is 0 Å². The van der Waals surface area contributed by atoms with E-state index in [1.54, 1.807) is 17.0 Å². The Kier molecular flexibility index (Phi) is 4.28. The molecular formula is C18H14F3N3OS. The van der Waals surface area contributed by atoms with Crippen molar-refractivity contribution in [3.05, 3.63) is 59.4 Å². The van der Waals surface area contributed by atoms with Crippen LogP contribution in [0.3, 0.4) is 0 Å². The highest BCUT2D eigenvalue weighted by Gasteiger charge is 2.25. The Bertz CT molecular complexity index is 983. The lowest BCUT2D eigenvalue weighted by molar-refractivity contribution is 0.0742. The molecular weight excluding hydrogens is 363 g/mol. The number of carbonyl (C=O) groups is 1. The maximum absolute atomic E-state index is 13.8. The summed E-state index contributed by atoms with van der Waals surface area (Å²) in [5.41, 5.74) is 0.203. The number of benzene rings is 2. The number of hydrogen-bond acceptors (Lipinski definition) is 4. The van der Waals surface area contributed by atoms with Gasteiger partial charge in [-0.2, -0.15) is 0 Å². The quantitative estimate of drug-likeness (QED) is 0.684. The maximum atomic E-state index is 13.8. The highest BCUT2D eigenvalue weighted by atomic mass is 32.1. The van der Waals surface area contributed by atoms with Gasteiger partial charge in [-0.15, -0.1) is 0 Å². The molecule has 3 aromatic rings. The highest BCUT2D eigenvalue weighted by molar-refractivity contribution is 7.22. The van der Waals surface area contributed by atoms with Crippen LogP contribution in [0.5, 0.6) is 0 Å². The fourth-order valence-corrected chi connectivity index (χ4v) is 4.04. The minimum Gasteiger partial charge on any atom is -0.345 e. The number of fused-ring (bicyclic) bond motifs is 1. The number of halogens is 3. The molecule has 0 radical (unpaired) electrons. The number of carbonyl (C=O) groups excluding carboxylic acids is 1. The van der Waals surface area contributed by atoms with Gasteiger partial charge in [0.05, 0.1) is 10.3 Å². The Morgan fingerprint density at radius 3 is 2.46 bits per heavy atom. The number of anilines is 1. The fourth-order valence-electron chi connectivity index (χ4n) is 2.99. The molecule has 1 amide bonds. The molecule has 134 valence electrons. The van der Waals surface area contributed by atoms with E-state index < -0.39 is 17.5 Å². The molecule has 26 heavy (non-hydrogen) atoms. The summed E-state index contributed by atoms with van der Waals surface area (Å²) in [4.78, 5) is 20.2. The van der Waals surface area contributed by atoms with Gasteiger partial charge >= 0.3 is 0 Å². The zero-order valence-corrected chi connectivity index (χ0v) is 14.4. The van der Waals surface area contributed by atoms with Gasteiger partial charge in [-0.05, 0) is 18.2 Å². The lowest BCUT2D eigenvalue weighted by Crippen LogP contribution is -2.49. The number of amides is 1. The second-order valence-corrected chi connectivity index (χ2v) is 7.00. The Morgan fingerprint density at radius 1 is 1.00 bits per heavy atom. The first-order chi connectivity index (χ1) is 12.5. The van der Waals surface area contributed by atoms with Gasteiger partial charge in [-0.1, -0.05) is 23.5 Å². The smallest absolute Gasteiger partial charge is 0.256 e. The van der Waals surface area contributed by atoms with Crippen LogP contribution in [0.2, 0.25) is 0 Å². The Balaban J connectivity index is 1.49. The molecule has 0 atom stereocenters. The van der Waals surface area contributed by atoms with Crippen LogP contribution in [-0.4, -0.2) is 42.0 Å². The van der Waals surface area contributed by atoms with E-state index >= 15 is 0 Å². The molecule has 2 heterocycles. The zero-order valence-electron chi connectivity index (χ0n) is 13.6. The average Bonchev–Trinajstić information content (AvgIpc) is 3.06. The Hall–Kier alpha value is -2.61. The van der Waals surface area contributed by atoms with Gasteiger partial charge in [-0.25, -0.2) is 18.2 Å². The largest absolute Gasteiger partial charge is 0.345 e. The predicted molar refractivity (Wildman–Crippen MR) is 94.1 cm³/mol. The molecule has 0 aliphatic carbocycles. The van der Waals surface area contributed by atoms with Crippen LogP contribution in [0.1, 0.15) is 10.4 Å². The van der Waals surface area contributed by atoms with E-state index in [2.05, 4.69) is 4.98 Å². The lowest BCUT2D eigenvalue weighted by atomic mass is 10.1. The lowest BCUT2D eigenvalue weighted by Gasteiger charge is -2.34. The summed E-state index contributed by atoms with van der Waals surface area (Å²) in [6, 6.07) is 7.97. The number of aromatic nitrogens is 1. The average molecular weight is 377 g/mol. The molecule has 1 aromatic heterocycles. The van der Waals surface area contributed by atoms with Crippen molar-refractivity contribution < 1.29 is 18.0 Å². The number of thiazole rings is 1. The van der Waals surface area contributed by atoms with Gasteiger partial charge in [0.15, 0.2) is 10.9 Å². The molecule has 1 fully saturated rings. The van der Waals surface area contributed by atoms with Crippen molar-refractivity contribution in [3.63, 3.8) is 0 Å². The monoisotopic (exact) mass is 377 g/mol. The van der Waals surface area contributed by atoms with E-state index in [0.29, 0.717) is 36.0 Å². The van der Waals surface area contributed by atoms with Gasteiger partial charge in [-0.3, -0.25) is 4.79 Å². The minimum atomic E-state index is -0.684. The van der Waals surface area contributed by atoms with Crippen LogP contribution in [-0.2, 0) is 0 Å². The van der Waals surface area contributed by atoms with Crippen molar-refractivity contribution in [1.29, 1.82) is 0 Å². The molecule has 0 unspecified atom stereocenters. The van der Waals surface area contributed by atoms with Crippen molar-refractivity contribution in [1.82, 2.24) is 9.88 Å². The third-order valence-electron chi connectivity index (χ3n) is 4.34. The van der Waals surface area contributed by atoms with Gasteiger partial charge in [0.1, 0.15) is 17.2 Å². The Morgan fingerprint density at radius 2 is 1.73 bits per heavy atom. The molecule has 0 bridgehead atoms. The van der Waals surface area contributed by atoms with Crippen LogP contribution in [0.4, 0.5) is 18.3 Å². The molecule has 8 heteroatoms. The third kappa shape index (κ3) is 3.01. The van der Waals surface area contributed by atoms with E-state index in [0.717, 1.165) is 6.07 Å². The van der Waals surface area contributed by atoms with Gasteiger partial charge < -0.3 is 9.80 Å². The highest BCUT2D eigenvalue weighted by Crippen LogP contribution is 2.31.